The molecule has 85 valence electrons. The van der Waals surface area contributed by atoms with E-state index in [-0.39, 0.29) is 0 Å². The standard InChI is InChI=1S/C14H7N2S2/c1-2-4-12-11(3-1)16-14(18-12)9-5-6-10-13(7-9)17-8-15-10/h1-3,5-8H. The van der Waals surface area contributed by atoms with Gasteiger partial charge in [0.15, 0.2) is 0 Å². The van der Waals surface area contributed by atoms with Crippen LogP contribution in [-0.2, 0) is 0 Å². The monoisotopic (exact) mass is 267 g/mol. The molecule has 0 N–H and O–H groups in total. The van der Waals surface area contributed by atoms with Gasteiger partial charge >= 0.3 is 0 Å². The second kappa shape index (κ2) is 3.86. The first kappa shape index (κ1) is 10.2. The molecule has 0 atom stereocenters. The molecule has 0 unspecified atom stereocenters. The van der Waals surface area contributed by atoms with Gasteiger partial charge in [-0.2, -0.15) is 0 Å². The van der Waals surface area contributed by atoms with Crippen LogP contribution in [0.5, 0.6) is 0 Å². The van der Waals surface area contributed by atoms with Crippen LogP contribution in [0.15, 0.2) is 41.9 Å². The number of thiazole rings is 2. The molecular formula is C14H7N2S2. The second-order valence-electron chi connectivity index (χ2n) is 3.94. The number of nitrogens with zero attached hydrogens (tertiary/aromatic N) is 2. The van der Waals surface area contributed by atoms with Crippen LogP contribution in [0.2, 0.25) is 0 Å². The fourth-order valence-corrected chi connectivity index (χ4v) is 3.57. The molecule has 2 heterocycles. The first-order valence-electron chi connectivity index (χ1n) is 5.51. The number of hydrogen-bond donors (Lipinski definition) is 0. The van der Waals surface area contributed by atoms with Gasteiger partial charge in [0.1, 0.15) is 5.01 Å². The average molecular weight is 267 g/mol. The molecule has 0 aliphatic rings. The maximum absolute atomic E-state index is 4.65. The summed E-state index contributed by atoms with van der Waals surface area (Å²) in [6.07, 6.45) is 0. The highest BCUT2D eigenvalue weighted by Gasteiger charge is 2.07. The Kier molecular flexibility index (Phi) is 2.18. The van der Waals surface area contributed by atoms with E-state index < -0.39 is 0 Å². The SMILES string of the molecule is [c]1cccc2nc(-c3ccc4ncsc4c3)sc12. The van der Waals surface area contributed by atoms with Gasteiger partial charge in [-0.05, 0) is 24.3 Å². The zero-order chi connectivity index (χ0) is 11.9. The third kappa shape index (κ3) is 1.54. The first-order chi connectivity index (χ1) is 8.90. The molecule has 0 bridgehead atoms. The highest BCUT2D eigenvalue weighted by atomic mass is 32.1. The van der Waals surface area contributed by atoms with Gasteiger partial charge in [-0.1, -0.05) is 12.1 Å². The fraction of sp³-hybridized carbons (Fsp3) is 0. The van der Waals surface area contributed by atoms with Crippen LogP contribution >= 0.6 is 22.7 Å². The minimum atomic E-state index is 1.02. The van der Waals surface area contributed by atoms with Crippen molar-refractivity contribution in [3.05, 3.63) is 48.0 Å². The highest BCUT2D eigenvalue weighted by molar-refractivity contribution is 7.21. The van der Waals surface area contributed by atoms with Crippen LogP contribution < -0.4 is 0 Å². The summed E-state index contributed by atoms with van der Waals surface area (Å²) < 4.78 is 2.31. The van der Waals surface area contributed by atoms with Gasteiger partial charge in [-0.25, -0.2) is 9.97 Å². The van der Waals surface area contributed by atoms with Crippen LogP contribution in [0.25, 0.3) is 31.0 Å². The molecule has 0 aliphatic heterocycles. The maximum atomic E-state index is 4.65. The summed E-state index contributed by atoms with van der Waals surface area (Å²) in [5.74, 6) is 0. The van der Waals surface area contributed by atoms with Crippen molar-refractivity contribution in [2.45, 2.75) is 0 Å². The molecule has 0 aliphatic carbocycles. The normalized spacial score (nSPS) is 11.3. The van der Waals surface area contributed by atoms with E-state index in [2.05, 4.69) is 34.2 Å². The summed E-state index contributed by atoms with van der Waals surface area (Å²) in [5, 5.41) is 1.04. The molecule has 18 heavy (non-hydrogen) atoms. The second-order valence-corrected chi connectivity index (χ2v) is 5.82. The van der Waals surface area contributed by atoms with E-state index in [9.17, 15) is 0 Å². The van der Waals surface area contributed by atoms with Crippen LogP contribution in [-0.4, -0.2) is 9.97 Å². The molecule has 0 saturated carbocycles. The van der Waals surface area contributed by atoms with E-state index in [1.165, 1.54) is 4.70 Å². The lowest BCUT2D eigenvalue weighted by Crippen LogP contribution is -1.75. The largest absolute Gasteiger partial charge is 0.245 e. The van der Waals surface area contributed by atoms with Crippen molar-refractivity contribution < 1.29 is 0 Å². The first-order valence-corrected chi connectivity index (χ1v) is 7.21. The molecule has 0 saturated heterocycles. The number of hydrogen-bond acceptors (Lipinski definition) is 4. The summed E-state index contributed by atoms with van der Waals surface area (Å²) in [6, 6.07) is 15.4. The predicted octanol–water partition coefficient (Wildman–Crippen LogP) is 4.37. The third-order valence-corrected chi connectivity index (χ3v) is 4.64. The van der Waals surface area contributed by atoms with Crippen LogP contribution in [0.3, 0.4) is 0 Å². The molecule has 1 radical (unpaired) electrons. The Hall–Kier alpha value is -1.78. The van der Waals surface area contributed by atoms with Crippen molar-refractivity contribution in [1.82, 2.24) is 9.97 Å². The van der Waals surface area contributed by atoms with Gasteiger partial charge in [0.2, 0.25) is 0 Å². The molecule has 2 nitrogen and oxygen atoms in total. The lowest BCUT2D eigenvalue weighted by Gasteiger charge is -1.95. The Bertz CT molecular complexity index is 812. The number of benzene rings is 2. The quantitative estimate of drug-likeness (QED) is 0.511. The van der Waals surface area contributed by atoms with E-state index in [1.807, 2.05) is 23.7 Å². The van der Waals surface area contributed by atoms with E-state index in [4.69, 9.17) is 0 Å². The lowest BCUT2D eigenvalue weighted by atomic mass is 10.2. The summed E-state index contributed by atoms with van der Waals surface area (Å²) in [4.78, 5) is 8.94. The van der Waals surface area contributed by atoms with Crippen LogP contribution in [0, 0.1) is 6.07 Å². The van der Waals surface area contributed by atoms with Crippen molar-refractivity contribution in [2.24, 2.45) is 0 Å². The molecule has 4 aromatic rings. The summed E-state index contributed by atoms with van der Waals surface area (Å²) in [7, 11) is 0. The third-order valence-electron chi connectivity index (χ3n) is 2.80. The van der Waals surface area contributed by atoms with Crippen molar-refractivity contribution >= 4 is 43.1 Å². The van der Waals surface area contributed by atoms with E-state index >= 15 is 0 Å². The Labute approximate surface area is 112 Å². The zero-order valence-corrected chi connectivity index (χ0v) is 10.9. The average Bonchev–Trinajstić information content (AvgIpc) is 3.04. The topological polar surface area (TPSA) is 25.8 Å². The van der Waals surface area contributed by atoms with Crippen molar-refractivity contribution in [1.29, 1.82) is 0 Å². The molecule has 2 aromatic carbocycles. The predicted molar refractivity (Wildman–Crippen MR) is 77.1 cm³/mol. The number of fused-ring (bicyclic) bond motifs is 2. The number of aromatic nitrogens is 2. The van der Waals surface area contributed by atoms with E-state index in [0.717, 1.165) is 26.3 Å². The minimum absolute atomic E-state index is 1.02. The Balaban J connectivity index is 1.94. The molecule has 4 rings (SSSR count). The Morgan fingerprint density at radius 2 is 2.11 bits per heavy atom. The smallest absolute Gasteiger partial charge is 0.124 e. The van der Waals surface area contributed by atoms with E-state index in [1.54, 1.807) is 22.7 Å². The minimum Gasteiger partial charge on any atom is -0.245 e. The summed E-state index contributed by atoms with van der Waals surface area (Å²) >= 11 is 3.34. The molecule has 2 aromatic heterocycles. The zero-order valence-electron chi connectivity index (χ0n) is 9.25. The molecule has 0 fully saturated rings. The maximum Gasteiger partial charge on any atom is 0.124 e. The van der Waals surface area contributed by atoms with Gasteiger partial charge < -0.3 is 0 Å². The molecule has 4 heteroatoms. The van der Waals surface area contributed by atoms with Crippen molar-refractivity contribution in [3.63, 3.8) is 0 Å². The van der Waals surface area contributed by atoms with Crippen LogP contribution in [0.4, 0.5) is 0 Å². The van der Waals surface area contributed by atoms with Gasteiger partial charge in [-0.15, -0.1) is 22.7 Å². The lowest BCUT2D eigenvalue weighted by molar-refractivity contribution is 1.47. The van der Waals surface area contributed by atoms with Gasteiger partial charge in [-0.3, -0.25) is 0 Å². The van der Waals surface area contributed by atoms with E-state index in [0.29, 0.717) is 0 Å². The van der Waals surface area contributed by atoms with Gasteiger partial charge in [0.05, 0.1) is 25.9 Å². The Morgan fingerprint density at radius 1 is 1.11 bits per heavy atom. The molecule has 0 amide bonds. The number of rotatable bonds is 1. The van der Waals surface area contributed by atoms with Gasteiger partial charge in [0, 0.05) is 11.6 Å². The van der Waals surface area contributed by atoms with Gasteiger partial charge in [0.25, 0.3) is 0 Å². The summed E-state index contributed by atoms with van der Waals surface area (Å²) in [5.41, 5.74) is 5.10. The molecular weight excluding hydrogens is 260 g/mol. The molecule has 0 spiro atoms. The fourth-order valence-electron chi connectivity index (χ4n) is 1.92. The van der Waals surface area contributed by atoms with Crippen molar-refractivity contribution in [2.75, 3.05) is 0 Å². The van der Waals surface area contributed by atoms with Crippen LogP contribution in [0.1, 0.15) is 0 Å². The summed E-state index contributed by atoms with van der Waals surface area (Å²) in [6.45, 7) is 0. The Morgan fingerprint density at radius 3 is 3.06 bits per heavy atom. The van der Waals surface area contributed by atoms with Crippen molar-refractivity contribution in [3.8, 4) is 10.6 Å². The highest BCUT2D eigenvalue weighted by Crippen LogP contribution is 2.32.